The van der Waals surface area contributed by atoms with Crippen LogP contribution in [0.4, 0.5) is 11.6 Å². The molecule has 308 valence electrons. The van der Waals surface area contributed by atoms with E-state index in [1.807, 2.05) is 13.0 Å². The number of nitrogens with zero attached hydrogens (tertiary/aromatic N) is 8. The summed E-state index contributed by atoms with van der Waals surface area (Å²) in [7, 11) is 0.743. The lowest BCUT2D eigenvalue weighted by atomic mass is 10.1. The lowest BCUT2D eigenvalue weighted by molar-refractivity contribution is 0.0703. The van der Waals surface area contributed by atoms with Crippen LogP contribution in [0, 0.1) is 0 Å². The Bertz CT molecular complexity index is 1960. The average molecular weight is 808 g/mol. The Morgan fingerprint density at radius 3 is 2.39 bits per heavy atom. The minimum atomic E-state index is -1.91. The maximum atomic E-state index is 13.3. The summed E-state index contributed by atoms with van der Waals surface area (Å²) in [5.41, 5.74) is 1.80. The summed E-state index contributed by atoms with van der Waals surface area (Å²) in [6, 6.07) is 4.97. The highest BCUT2D eigenvalue weighted by atomic mass is 28.4. The summed E-state index contributed by atoms with van der Waals surface area (Å²) in [5, 5.41) is 8.38. The molecule has 1 fully saturated rings. The summed E-state index contributed by atoms with van der Waals surface area (Å²) >= 11 is 0. The first kappa shape index (κ1) is 43.3. The number of hydrogen-bond acceptors (Lipinski definition) is 11. The second-order valence-corrected chi connectivity index (χ2v) is 28.2. The van der Waals surface area contributed by atoms with Gasteiger partial charge >= 0.3 is 0 Å². The van der Waals surface area contributed by atoms with Crippen LogP contribution in [0.25, 0.3) is 22.5 Å². The van der Waals surface area contributed by atoms with Crippen molar-refractivity contribution in [2.24, 2.45) is 7.05 Å². The van der Waals surface area contributed by atoms with Crippen molar-refractivity contribution in [1.82, 2.24) is 39.0 Å². The zero-order valence-electron chi connectivity index (χ0n) is 35.8. The highest BCUT2D eigenvalue weighted by Gasteiger charge is 2.37. The molecule has 0 saturated carbocycles. The molecule has 14 nitrogen and oxygen atoms in total. The van der Waals surface area contributed by atoms with Gasteiger partial charge in [0.25, 0.3) is 5.56 Å². The van der Waals surface area contributed by atoms with E-state index in [4.69, 9.17) is 33.7 Å². The lowest BCUT2D eigenvalue weighted by Gasteiger charge is -2.36. The van der Waals surface area contributed by atoms with Gasteiger partial charge in [-0.05, 0) is 77.1 Å². The zero-order chi connectivity index (χ0) is 40.8. The van der Waals surface area contributed by atoms with E-state index in [0.29, 0.717) is 54.5 Å². The normalized spacial score (nSPS) is 15.3. The smallest absolute Gasteiger partial charge is 0.277 e. The molecule has 1 saturated heterocycles. The van der Waals surface area contributed by atoms with Gasteiger partial charge in [-0.1, -0.05) is 40.4 Å². The molecule has 0 spiro atoms. The summed E-state index contributed by atoms with van der Waals surface area (Å²) in [4.78, 5) is 29.6. The number of pyridine rings is 1. The number of nitrogens with one attached hydrogen (secondary N) is 1. The van der Waals surface area contributed by atoms with E-state index in [-0.39, 0.29) is 29.5 Å². The lowest BCUT2D eigenvalue weighted by Crippen LogP contribution is -2.41. The van der Waals surface area contributed by atoms with E-state index in [2.05, 4.69) is 93.6 Å². The molecule has 4 aromatic rings. The predicted molar refractivity (Wildman–Crippen MR) is 228 cm³/mol. The fourth-order valence-corrected chi connectivity index (χ4v) is 7.93. The number of anilines is 2. The molecule has 0 bridgehead atoms. The van der Waals surface area contributed by atoms with Gasteiger partial charge in [0.2, 0.25) is 5.88 Å². The van der Waals surface area contributed by atoms with Gasteiger partial charge in [-0.3, -0.25) is 18.8 Å². The van der Waals surface area contributed by atoms with E-state index >= 15 is 0 Å². The van der Waals surface area contributed by atoms with Crippen LogP contribution >= 0.6 is 0 Å². The predicted octanol–water partition coefficient (Wildman–Crippen LogP) is 7.80. The van der Waals surface area contributed by atoms with Crippen LogP contribution in [0.2, 0.25) is 43.8 Å². The number of hydrogen-bond donors (Lipinski definition) is 1. The summed E-state index contributed by atoms with van der Waals surface area (Å²) in [6.07, 6.45) is 9.85. The molecule has 1 aliphatic rings. The Hall–Kier alpha value is -3.84. The minimum Gasteiger partial charge on any atom is -0.490 e. The molecule has 4 aromatic heterocycles. The molecule has 1 aliphatic heterocycles. The molecular formula is C40H65N9O5Si2. The monoisotopic (exact) mass is 807 g/mol. The summed E-state index contributed by atoms with van der Waals surface area (Å²) < 4.78 is 30.6. The third-order valence-electron chi connectivity index (χ3n) is 10.9. The fourth-order valence-electron chi connectivity index (χ4n) is 6.11. The molecule has 1 N–H and O–H groups in total. The topological polar surface area (TPSA) is 136 Å². The van der Waals surface area contributed by atoms with Crippen molar-refractivity contribution < 1.29 is 18.6 Å². The second-order valence-electron chi connectivity index (χ2n) is 17.7. The number of piperidine rings is 1. The summed E-state index contributed by atoms with van der Waals surface area (Å²) in [6.45, 7) is 26.3. The van der Waals surface area contributed by atoms with Crippen molar-refractivity contribution in [3.8, 4) is 34.1 Å². The first-order valence-corrected chi connectivity index (χ1v) is 26.6. The minimum absolute atomic E-state index is 0.124. The third-order valence-corrected chi connectivity index (χ3v) is 17.1. The van der Waals surface area contributed by atoms with Gasteiger partial charge in [-0.2, -0.15) is 0 Å². The van der Waals surface area contributed by atoms with Gasteiger partial charge in [0.1, 0.15) is 29.7 Å². The average Bonchev–Trinajstić information content (AvgIpc) is 3.66. The highest BCUT2D eigenvalue weighted by molar-refractivity contribution is 6.76. The van der Waals surface area contributed by atoms with Crippen molar-refractivity contribution in [3.05, 3.63) is 47.3 Å². The molecule has 0 aromatic carbocycles. The number of rotatable bonds is 18. The van der Waals surface area contributed by atoms with Gasteiger partial charge < -0.3 is 28.9 Å². The first-order valence-electron chi connectivity index (χ1n) is 20.0. The fraction of sp³-hybridized carbons (Fsp3) is 0.625. The van der Waals surface area contributed by atoms with E-state index in [1.54, 1.807) is 36.4 Å². The Labute approximate surface area is 335 Å². The standard InChI is InChI=1S/C40H65N9O5Si2/c1-13-52-38-32(27-49(45-38)30-15-19-46(6)20-16-30)31-25-42-36(24-34(31)54-29(2)17-21-53-56(11,12)40(3,4)5)43-35-14-18-41-37(44-35)33-26-48(47(7)39(33)50)28-51-22-23-55(8,9)10/h14,18,24-27,29-30H,13,15-17,19-23,28H2,1-12H3,(H,41,42,43,44). The van der Waals surface area contributed by atoms with Gasteiger partial charge in [0, 0.05) is 71.2 Å². The second kappa shape index (κ2) is 18.2. The van der Waals surface area contributed by atoms with Crippen LogP contribution < -0.4 is 20.3 Å². The van der Waals surface area contributed by atoms with E-state index in [1.165, 1.54) is 4.68 Å². The maximum absolute atomic E-state index is 13.3. The van der Waals surface area contributed by atoms with Crippen molar-refractivity contribution in [1.29, 1.82) is 0 Å². The largest absolute Gasteiger partial charge is 0.490 e. The number of aromatic nitrogens is 7. The van der Waals surface area contributed by atoms with Crippen LogP contribution in [0.5, 0.6) is 11.6 Å². The third kappa shape index (κ3) is 11.2. The van der Waals surface area contributed by atoms with Crippen molar-refractivity contribution in [2.75, 3.05) is 45.3 Å². The van der Waals surface area contributed by atoms with Crippen LogP contribution in [-0.4, -0.2) is 101 Å². The molecule has 56 heavy (non-hydrogen) atoms. The Morgan fingerprint density at radius 2 is 1.71 bits per heavy atom. The molecule has 0 aliphatic carbocycles. The quantitative estimate of drug-likeness (QED) is 0.0780. The van der Waals surface area contributed by atoms with Crippen molar-refractivity contribution in [2.45, 2.75) is 117 Å². The van der Waals surface area contributed by atoms with Crippen molar-refractivity contribution >= 4 is 28.0 Å². The Morgan fingerprint density at radius 1 is 0.982 bits per heavy atom. The van der Waals surface area contributed by atoms with Gasteiger partial charge in [0.05, 0.1) is 24.3 Å². The van der Waals surface area contributed by atoms with E-state index < -0.39 is 16.4 Å². The maximum Gasteiger partial charge on any atom is 0.277 e. The molecular weight excluding hydrogens is 743 g/mol. The van der Waals surface area contributed by atoms with Crippen molar-refractivity contribution in [3.63, 3.8) is 0 Å². The Kier molecular flexibility index (Phi) is 14.1. The van der Waals surface area contributed by atoms with E-state index in [0.717, 1.165) is 49.5 Å². The molecule has 5 heterocycles. The van der Waals surface area contributed by atoms with Gasteiger partial charge in [0.15, 0.2) is 14.1 Å². The number of likely N-dealkylation sites (tertiary alicyclic amines) is 1. The molecule has 0 radical (unpaired) electrons. The van der Waals surface area contributed by atoms with E-state index in [9.17, 15) is 4.79 Å². The Balaban J connectivity index is 1.41. The summed E-state index contributed by atoms with van der Waals surface area (Å²) in [5.74, 6) is 2.52. The van der Waals surface area contributed by atoms with Crippen LogP contribution in [0.15, 0.2) is 41.7 Å². The van der Waals surface area contributed by atoms with Gasteiger partial charge in [-0.25, -0.2) is 15.0 Å². The molecule has 5 rings (SSSR count). The zero-order valence-corrected chi connectivity index (χ0v) is 37.8. The van der Waals surface area contributed by atoms with Gasteiger partial charge in [-0.15, -0.1) is 5.10 Å². The molecule has 16 heteroatoms. The van der Waals surface area contributed by atoms with Crippen LogP contribution in [-0.2, 0) is 22.9 Å². The molecule has 1 unspecified atom stereocenters. The highest BCUT2D eigenvalue weighted by Crippen LogP contribution is 2.40. The first-order chi connectivity index (χ1) is 26.3. The number of ether oxygens (including phenoxy) is 3. The molecule has 0 amide bonds. The molecule has 1 atom stereocenters. The van der Waals surface area contributed by atoms with Crippen LogP contribution in [0.3, 0.4) is 0 Å². The SMILES string of the molecule is CCOc1nn(C2CCN(C)CC2)cc1-c1cnc(Nc2ccnc(-c3cn(COCC[Si](C)(C)C)n(C)c3=O)n2)cc1OC(C)CCO[Si](C)(C)C(C)(C)C. The van der Waals surface area contributed by atoms with Crippen LogP contribution in [0.1, 0.15) is 59.9 Å².